The second kappa shape index (κ2) is 2.49. The van der Waals surface area contributed by atoms with Gasteiger partial charge in [-0.1, -0.05) is 13.8 Å². The van der Waals surface area contributed by atoms with Crippen LogP contribution in [0.15, 0.2) is 0 Å². The van der Waals surface area contributed by atoms with Crippen molar-refractivity contribution in [3.8, 4) is 0 Å². The first-order valence-electron chi connectivity index (χ1n) is 5.16. The zero-order chi connectivity index (χ0) is 9.69. The lowest BCUT2D eigenvalue weighted by Crippen LogP contribution is -2.44. The summed E-state index contributed by atoms with van der Waals surface area (Å²) in [5.74, 6) is 0.434. The maximum atomic E-state index is 11.3. The SMILES string of the molecule is CC1(C)CCC[C@@]2(C)OC(=O)CC12. The third-order valence-corrected chi connectivity index (χ3v) is 3.89. The molecule has 2 nitrogen and oxygen atoms in total. The van der Waals surface area contributed by atoms with E-state index in [-0.39, 0.29) is 17.0 Å². The molecule has 2 atom stereocenters. The van der Waals surface area contributed by atoms with Crippen LogP contribution in [0.2, 0.25) is 0 Å². The summed E-state index contributed by atoms with van der Waals surface area (Å²) in [6.45, 7) is 6.62. The lowest BCUT2D eigenvalue weighted by atomic mass is 9.62. The minimum absolute atomic E-state index is 0.00229. The molecule has 2 rings (SSSR count). The highest BCUT2D eigenvalue weighted by atomic mass is 16.6. The van der Waals surface area contributed by atoms with Gasteiger partial charge in [-0.05, 0) is 31.6 Å². The van der Waals surface area contributed by atoms with E-state index in [4.69, 9.17) is 4.74 Å². The van der Waals surface area contributed by atoms with Crippen molar-refractivity contribution >= 4 is 5.97 Å². The Kier molecular flexibility index (Phi) is 1.73. The molecule has 0 aromatic heterocycles. The fourth-order valence-electron chi connectivity index (χ4n) is 3.15. The number of ether oxygens (including phenoxy) is 1. The van der Waals surface area contributed by atoms with Gasteiger partial charge in [0, 0.05) is 5.92 Å². The second-order valence-corrected chi connectivity index (χ2v) is 5.39. The van der Waals surface area contributed by atoms with Crippen molar-refractivity contribution in [1.29, 1.82) is 0 Å². The van der Waals surface area contributed by atoms with Crippen LogP contribution in [0, 0.1) is 11.3 Å². The van der Waals surface area contributed by atoms with E-state index in [0.717, 1.165) is 6.42 Å². The van der Waals surface area contributed by atoms with Gasteiger partial charge in [-0.3, -0.25) is 4.79 Å². The molecule has 1 heterocycles. The van der Waals surface area contributed by atoms with Gasteiger partial charge in [0.25, 0.3) is 0 Å². The third kappa shape index (κ3) is 1.27. The fraction of sp³-hybridized carbons (Fsp3) is 0.909. The normalized spacial score (nSPS) is 42.7. The van der Waals surface area contributed by atoms with Crippen LogP contribution < -0.4 is 0 Å². The van der Waals surface area contributed by atoms with Crippen LogP contribution in [0.25, 0.3) is 0 Å². The van der Waals surface area contributed by atoms with Gasteiger partial charge in [0.2, 0.25) is 0 Å². The van der Waals surface area contributed by atoms with Crippen LogP contribution in [-0.2, 0) is 9.53 Å². The number of hydrogen-bond acceptors (Lipinski definition) is 2. The molecule has 0 bridgehead atoms. The Morgan fingerprint density at radius 1 is 1.31 bits per heavy atom. The molecular formula is C11H18O2. The summed E-state index contributed by atoms with van der Waals surface area (Å²) in [4.78, 5) is 11.3. The van der Waals surface area contributed by atoms with Crippen LogP contribution in [0.5, 0.6) is 0 Å². The Bertz CT molecular complexity index is 244. The van der Waals surface area contributed by atoms with Crippen molar-refractivity contribution in [3.63, 3.8) is 0 Å². The molecule has 0 radical (unpaired) electrons. The summed E-state index contributed by atoms with van der Waals surface area (Å²) in [5.41, 5.74) is 0.123. The molecule has 1 aliphatic carbocycles. The van der Waals surface area contributed by atoms with Crippen molar-refractivity contribution < 1.29 is 9.53 Å². The fourth-order valence-corrected chi connectivity index (χ4v) is 3.15. The van der Waals surface area contributed by atoms with E-state index in [1.165, 1.54) is 12.8 Å². The largest absolute Gasteiger partial charge is 0.459 e. The van der Waals surface area contributed by atoms with Crippen molar-refractivity contribution in [2.75, 3.05) is 0 Å². The topological polar surface area (TPSA) is 26.3 Å². The molecule has 2 fully saturated rings. The standard InChI is InChI=1S/C11H18O2/c1-10(2)5-4-6-11(3)8(10)7-9(12)13-11/h8H,4-7H2,1-3H3/t8?,11-/m1/s1. The van der Waals surface area contributed by atoms with Crippen LogP contribution >= 0.6 is 0 Å². The van der Waals surface area contributed by atoms with Crippen molar-refractivity contribution in [2.24, 2.45) is 11.3 Å². The molecule has 1 unspecified atom stereocenters. The van der Waals surface area contributed by atoms with E-state index in [2.05, 4.69) is 20.8 Å². The minimum Gasteiger partial charge on any atom is -0.459 e. The van der Waals surface area contributed by atoms with Gasteiger partial charge in [0.05, 0.1) is 6.42 Å². The summed E-state index contributed by atoms with van der Waals surface area (Å²) in [5, 5.41) is 0. The van der Waals surface area contributed by atoms with Crippen molar-refractivity contribution in [3.05, 3.63) is 0 Å². The third-order valence-electron chi connectivity index (χ3n) is 3.89. The monoisotopic (exact) mass is 182 g/mol. The maximum Gasteiger partial charge on any atom is 0.306 e. The average molecular weight is 182 g/mol. The summed E-state index contributed by atoms with van der Waals surface area (Å²) < 4.78 is 5.45. The number of esters is 1. The molecule has 13 heavy (non-hydrogen) atoms. The van der Waals surface area contributed by atoms with Crippen molar-refractivity contribution in [1.82, 2.24) is 0 Å². The van der Waals surface area contributed by atoms with E-state index in [0.29, 0.717) is 12.3 Å². The number of rotatable bonds is 0. The van der Waals surface area contributed by atoms with Gasteiger partial charge in [-0.15, -0.1) is 0 Å². The molecule has 0 amide bonds. The molecule has 0 spiro atoms. The average Bonchev–Trinajstić information content (AvgIpc) is 2.25. The van der Waals surface area contributed by atoms with Gasteiger partial charge >= 0.3 is 5.97 Å². The first kappa shape index (κ1) is 9.04. The number of carbonyl (C=O) groups is 1. The van der Waals surface area contributed by atoms with Gasteiger partial charge in [0.1, 0.15) is 5.60 Å². The number of carbonyl (C=O) groups excluding carboxylic acids is 1. The van der Waals surface area contributed by atoms with E-state index >= 15 is 0 Å². The van der Waals surface area contributed by atoms with E-state index in [1.807, 2.05) is 0 Å². The maximum absolute atomic E-state index is 11.3. The number of fused-ring (bicyclic) bond motifs is 1. The zero-order valence-electron chi connectivity index (χ0n) is 8.72. The Hall–Kier alpha value is -0.530. The lowest BCUT2D eigenvalue weighted by molar-refractivity contribution is -0.151. The highest BCUT2D eigenvalue weighted by Gasteiger charge is 2.54. The van der Waals surface area contributed by atoms with Crippen LogP contribution in [-0.4, -0.2) is 11.6 Å². The Balaban J connectivity index is 2.30. The zero-order valence-corrected chi connectivity index (χ0v) is 8.72. The Morgan fingerprint density at radius 2 is 2.00 bits per heavy atom. The van der Waals surface area contributed by atoms with Gasteiger partial charge < -0.3 is 4.74 Å². The summed E-state index contributed by atoms with van der Waals surface area (Å²) in [6.07, 6.45) is 4.09. The molecule has 74 valence electrons. The predicted molar refractivity (Wildman–Crippen MR) is 50.2 cm³/mol. The molecule has 0 N–H and O–H groups in total. The highest BCUT2D eigenvalue weighted by molar-refractivity contribution is 5.73. The van der Waals surface area contributed by atoms with E-state index in [1.54, 1.807) is 0 Å². The predicted octanol–water partition coefficient (Wildman–Crippen LogP) is 2.52. The summed E-state index contributed by atoms with van der Waals surface area (Å²) in [7, 11) is 0. The Morgan fingerprint density at radius 3 is 2.62 bits per heavy atom. The molecule has 0 aromatic rings. The molecule has 1 aliphatic heterocycles. The minimum atomic E-state index is -0.154. The molecular weight excluding hydrogens is 164 g/mol. The van der Waals surface area contributed by atoms with Crippen LogP contribution in [0.1, 0.15) is 46.5 Å². The number of hydrogen-bond donors (Lipinski definition) is 0. The second-order valence-electron chi connectivity index (χ2n) is 5.39. The van der Waals surface area contributed by atoms with Crippen LogP contribution in [0.3, 0.4) is 0 Å². The highest BCUT2D eigenvalue weighted by Crippen LogP contribution is 2.52. The smallest absolute Gasteiger partial charge is 0.306 e. The molecule has 1 saturated carbocycles. The first-order chi connectivity index (χ1) is 5.94. The summed E-state index contributed by atoms with van der Waals surface area (Å²) in [6, 6.07) is 0. The quantitative estimate of drug-likeness (QED) is 0.538. The molecule has 0 aromatic carbocycles. The Labute approximate surface area is 79.7 Å². The van der Waals surface area contributed by atoms with Gasteiger partial charge in [0.15, 0.2) is 0 Å². The van der Waals surface area contributed by atoms with E-state index in [9.17, 15) is 4.79 Å². The molecule has 2 aliphatic rings. The van der Waals surface area contributed by atoms with E-state index < -0.39 is 0 Å². The van der Waals surface area contributed by atoms with Gasteiger partial charge in [-0.25, -0.2) is 0 Å². The van der Waals surface area contributed by atoms with Crippen LogP contribution in [0.4, 0.5) is 0 Å². The van der Waals surface area contributed by atoms with Crippen molar-refractivity contribution in [2.45, 2.75) is 52.1 Å². The van der Waals surface area contributed by atoms with Gasteiger partial charge in [-0.2, -0.15) is 0 Å². The lowest BCUT2D eigenvalue weighted by Gasteiger charge is -2.44. The molecule has 1 saturated heterocycles. The first-order valence-corrected chi connectivity index (χ1v) is 5.16. The summed E-state index contributed by atoms with van der Waals surface area (Å²) >= 11 is 0. The molecule has 2 heteroatoms.